The van der Waals surface area contributed by atoms with Crippen molar-refractivity contribution in [1.82, 2.24) is 0 Å². The average molecular weight is 1010 g/mol. The summed E-state index contributed by atoms with van der Waals surface area (Å²) in [5, 5.41) is 34.7. The summed E-state index contributed by atoms with van der Waals surface area (Å²) in [4.78, 5) is 21.3. The highest BCUT2D eigenvalue weighted by Gasteiger charge is 2.33. The van der Waals surface area contributed by atoms with E-state index in [1.807, 2.05) is 0 Å². The second kappa shape index (κ2) is 25.9. The van der Waals surface area contributed by atoms with Crippen molar-refractivity contribution in [3.05, 3.63) is 160 Å². The maximum atomic E-state index is 14.4. The smallest absolute Gasteiger partial charge is 0.497 e. The number of ether oxygens (including phenoxy) is 6. The van der Waals surface area contributed by atoms with Crippen LogP contribution in [0.1, 0.15) is 35.1 Å². The number of hydrogen-bond acceptors (Lipinski definition) is 10. The quantitative estimate of drug-likeness (QED) is 0.0475. The SMILES string of the molecule is COc1ccc(F)c(-c2ccc(COc3cccc(CCC(=O)O)c3)cc2OC(F)(F)F)c1.COc1ccc(F)c(B(O)O)c1.O=C(O)CCc1cccc(OCc2ccc(Cl)c(OC(F)(F)F)c2)c1. The Labute approximate surface area is 400 Å². The maximum Gasteiger partial charge on any atom is 0.573 e. The van der Waals surface area contributed by atoms with Gasteiger partial charge in [-0.2, -0.15) is 0 Å². The van der Waals surface area contributed by atoms with Crippen LogP contribution in [0.15, 0.2) is 121 Å². The minimum atomic E-state index is -4.98. The van der Waals surface area contributed by atoms with Crippen LogP contribution in [-0.2, 0) is 35.6 Å². The zero-order chi connectivity index (χ0) is 51.6. The van der Waals surface area contributed by atoms with E-state index in [2.05, 4.69) is 9.47 Å². The van der Waals surface area contributed by atoms with Crippen molar-refractivity contribution in [1.29, 1.82) is 0 Å². The third-order valence-corrected chi connectivity index (χ3v) is 9.61. The molecule has 0 unspecified atom stereocenters. The van der Waals surface area contributed by atoms with Crippen LogP contribution in [0.25, 0.3) is 11.1 Å². The molecule has 0 radical (unpaired) electrons. The van der Waals surface area contributed by atoms with Gasteiger partial charge in [-0.3, -0.25) is 9.59 Å². The van der Waals surface area contributed by atoms with Crippen molar-refractivity contribution in [2.75, 3.05) is 14.2 Å². The molecule has 0 aliphatic carbocycles. The Morgan fingerprint density at radius 1 is 0.543 bits per heavy atom. The first-order valence-electron chi connectivity index (χ1n) is 20.4. The number of halogens is 9. The fourth-order valence-electron chi connectivity index (χ4n) is 6.03. The molecule has 0 bridgehead atoms. The normalized spacial score (nSPS) is 10.9. The van der Waals surface area contributed by atoms with E-state index in [-0.39, 0.29) is 53.4 Å². The fraction of sp³-hybridized carbons (Fsp3) is 0.208. The third-order valence-electron chi connectivity index (χ3n) is 9.30. The van der Waals surface area contributed by atoms with Gasteiger partial charge in [-0.1, -0.05) is 54.1 Å². The topological polar surface area (TPSA) is 170 Å². The van der Waals surface area contributed by atoms with E-state index in [0.717, 1.165) is 35.4 Å². The second-order valence-corrected chi connectivity index (χ2v) is 14.9. The third kappa shape index (κ3) is 19.0. The predicted octanol–water partition coefficient (Wildman–Crippen LogP) is 10.3. The zero-order valence-corrected chi connectivity index (χ0v) is 37.6. The summed E-state index contributed by atoms with van der Waals surface area (Å²) in [7, 11) is 0.974. The number of rotatable bonds is 18. The lowest BCUT2D eigenvalue weighted by molar-refractivity contribution is -0.275. The molecular weight excluding hydrogens is 967 g/mol. The maximum absolute atomic E-state index is 14.4. The summed E-state index contributed by atoms with van der Waals surface area (Å²) in [6.45, 7) is -0.0781. The van der Waals surface area contributed by atoms with Crippen LogP contribution in [0.4, 0.5) is 35.1 Å². The number of methoxy groups -OCH3 is 2. The summed E-state index contributed by atoms with van der Waals surface area (Å²) >= 11 is 5.69. The Hall–Kier alpha value is -7.23. The molecule has 6 aromatic rings. The molecule has 6 rings (SSSR count). The Kier molecular flexibility index (Phi) is 20.5. The van der Waals surface area contributed by atoms with Gasteiger partial charge in [0.05, 0.1) is 19.2 Å². The van der Waals surface area contributed by atoms with E-state index in [1.54, 1.807) is 48.5 Å². The van der Waals surface area contributed by atoms with Crippen LogP contribution < -0.4 is 33.9 Å². The molecule has 0 heterocycles. The van der Waals surface area contributed by atoms with Crippen LogP contribution >= 0.6 is 11.6 Å². The highest BCUT2D eigenvalue weighted by atomic mass is 35.5. The van der Waals surface area contributed by atoms with Gasteiger partial charge in [0, 0.05) is 29.4 Å². The molecule has 0 saturated carbocycles. The second-order valence-electron chi connectivity index (χ2n) is 14.5. The number of carboxylic acids is 2. The Morgan fingerprint density at radius 3 is 1.50 bits per heavy atom. The zero-order valence-electron chi connectivity index (χ0n) is 36.8. The Morgan fingerprint density at radius 2 is 1.01 bits per heavy atom. The summed E-state index contributed by atoms with van der Waals surface area (Å²) in [5.41, 5.74) is 1.96. The van der Waals surface area contributed by atoms with Gasteiger partial charge in [0.2, 0.25) is 0 Å². The standard InChI is InChI=1S/C24H20F4O5.C17H14ClF3O4.C7H8BFO3/c1-31-17-7-9-21(25)20(13-17)19-8-5-16(12-22(19)33-24(26,27)28)14-32-18-4-2-3-15(11-18)6-10-23(29)30;18-14-6-4-12(9-15(14)25-17(19,20)21)10-24-13-3-1-2-11(8-13)5-7-16(22)23;1-12-5-2-3-7(9)6(4-5)8(10)11/h2-5,7-9,11-13H,6,10,14H2,1H3,(H,29,30);1-4,6,8-9H,5,7,10H2,(H,22,23);2-4,10-11H,1H3. The van der Waals surface area contributed by atoms with Gasteiger partial charge in [0.25, 0.3) is 0 Å². The van der Waals surface area contributed by atoms with Gasteiger partial charge in [0.1, 0.15) is 59.3 Å². The molecule has 0 spiro atoms. The van der Waals surface area contributed by atoms with Crippen LogP contribution in [0.3, 0.4) is 0 Å². The first-order valence-corrected chi connectivity index (χ1v) is 20.7. The monoisotopic (exact) mass is 1010 g/mol. The molecule has 0 fully saturated rings. The molecule has 6 aromatic carbocycles. The predicted molar refractivity (Wildman–Crippen MR) is 239 cm³/mol. The lowest BCUT2D eigenvalue weighted by atomic mass is 9.80. The van der Waals surface area contributed by atoms with E-state index in [4.69, 9.17) is 50.8 Å². The number of aliphatic carboxylic acids is 2. The van der Waals surface area contributed by atoms with Crippen LogP contribution in [0.2, 0.25) is 5.02 Å². The first kappa shape index (κ1) is 55.4. The number of carbonyl (C=O) groups is 2. The van der Waals surface area contributed by atoms with Gasteiger partial charge in [-0.15, -0.1) is 26.3 Å². The summed E-state index contributed by atoms with van der Waals surface area (Å²) in [6.07, 6.45) is -9.18. The number of alkyl halides is 6. The molecule has 0 saturated heterocycles. The van der Waals surface area contributed by atoms with Crippen molar-refractivity contribution in [3.63, 3.8) is 0 Å². The largest absolute Gasteiger partial charge is 0.573 e. The van der Waals surface area contributed by atoms with Crippen molar-refractivity contribution in [3.8, 4) is 45.6 Å². The van der Waals surface area contributed by atoms with E-state index >= 15 is 0 Å². The van der Waals surface area contributed by atoms with E-state index in [0.29, 0.717) is 41.2 Å². The molecule has 372 valence electrons. The molecule has 0 aliphatic rings. The fourth-order valence-corrected chi connectivity index (χ4v) is 6.19. The van der Waals surface area contributed by atoms with Crippen LogP contribution in [0.5, 0.6) is 34.5 Å². The molecule has 4 N–H and O–H groups in total. The van der Waals surface area contributed by atoms with Gasteiger partial charge in [-0.05, 0) is 114 Å². The molecular formula is C48H42BClF8O12. The molecule has 12 nitrogen and oxygen atoms in total. The summed E-state index contributed by atoms with van der Waals surface area (Å²) in [6, 6.07) is 29.0. The first-order chi connectivity index (χ1) is 33.0. The van der Waals surface area contributed by atoms with Crippen LogP contribution in [-0.4, -0.2) is 66.3 Å². The van der Waals surface area contributed by atoms with Gasteiger partial charge < -0.3 is 48.7 Å². The molecule has 0 amide bonds. The van der Waals surface area contributed by atoms with Gasteiger partial charge >= 0.3 is 31.8 Å². The Balaban J connectivity index is 0.000000253. The van der Waals surface area contributed by atoms with Crippen molar-refractivity contribution < 1.29 is 93.4 Å². The number of hydrogen-bond donors (Lipinski definition) is 4. The summed E-state index contributed by atoms with van der Waals surface area (Å²) < 4.78 is 132. The molecule has 0 atom stereocenters. The van der Waals surface area contributed by atoms with Gasteiger partial charge in [-0.25, -0.2) is 8.78 Å². The van der Waals surface area contributed by atoms with E-state index in [9.17, 15) is 44.7 Å². The summed E-state index contributed by atoms with van der Waals surface area (Å²) in [5.74, 6) is -2.71. The lowest BCUT2D eigenvalue weighted by Crippen LogP contribution is -2.32. The minimum Gasteiger partial charge on any atom is -0.497 e. The van der Waals surface area contributed by atoms with E-state index in [1.165, 1.54) is 62.8 Å². The number of benzene rings is 6. The van der Waals surface area contributed by atoms with Crippen LogP contribution in [0, 0.1) is 11.6 Å². The van der Waals surface area contributed by atoms with Crippen molar-refractivity contribution in [2.45, 2.75) is 51.6 Å². The van der Waals surface area contributed by atoms with Crippen molar-refractivity contribution in [2.24, 2.45) is 0 Å². The minimum absolute atomic E-state index is 0.00121. The highest BCUT2D eigenvalue weighted by molar-refractivity contribution is 6.58. The lowest BCUT2D eigenvalue weighted by Gasteiger charge is -2.16. The Bertz CT molecular complexity index is 2690. The average Bonchev–Trinajstić information content (AvgIpc) is 3.30. The molecule has 0 aromatic heterocycles. The number of carboxylic acid groups (broad SMARTS) is 2. The highest BCUT2D eigenvalue weighted by Crippen LogP contribution is 2.38. The molecule has 70 heavy (non-hydrogen) atoms. The van der Waals surface area contributed by atoms with Gasteiger partial charge in [0.15, 0.2) is 0 Å². The molecule has 22 heteroatoms. The number of aryl methyl sites for hydroxylation is 2. The van der Waals surface area contributed by atoms with E-state index < -0.39 is 54.9 Å². The molecule has 0 aliphatic heterocycles. The van der Waals surface area contributed by atoms with Crippen molar-refractivity contribution >= 4 is 36.1 Å².